The third kappa shape index (κ3) is 2.35. The molecule has 0 spiro atoms. The van der Waals surface area contributed by atoms with Crippen molar-refractivity contribution in [3.63, 3.8) is 0 Å². The van der Waals surface area contributed by atoms with Crippen LogP contribution in [0, 0.1) is 5.92 Å². The van der Waals surface area contributed by atoms with Gasteiger partial charge in [0.2, 0.25) is 5.91 Å². The van der Waals surface area contributed by atoms with E-state index in [1.54, 1.807) is 23.1 Å². The monoisotopic (exact) mass is 293 g/mol. The molecule has 0 radical (unpaired) electrons. The molecule has 2 N–H and O–H groups in total. The summed E-state index contributed by atoms with van der Waals surface area (Å²) in [5.74, 6) is 0.454. The van der Waals surface area contributed by atoms with Gasteiger partial charge in [-0.25, -0.2) is 4.98 Å². The van der Waals surface area contributed by atoms with E-state index in [1.807, 2.05) is 23.3 Å². The molecular formula is C13H15N3OS2. The molecule has 3 rings (SSSR count). The molecule has 1 aromatic heterocycles. The number of hydrogen-bond donors (Lipinski definition) is 1. The van der Waals surface area contributed by atoms with E-state index in [4.69, 9.17) is 5.73 Å². The van der Waals surface area contributed by atoms with E-state index in [9.17, 15) is 4.79 Å². The van der Waals surface area contributed by atoms with Gasteiger partial charge in [0.05, 0.1) is 10.2 Å². The highest BCUT2D eigenvalue weighted by Gasteiger charge is 2.29. The molecule has 1 aromatic carbocycles. The van der Waals surface area contributed by atoms with Gasteiger partial charge in [0.25, 0.3) is 0 Å². The number of benzene rings is 1. The molecule has 4 nitrogen and oxygen atoms in total. The maximum Gasteiger partial charge on any atom is 0.227 e. The summed E-state index contributed by atoms with van der Waals surface area (Å²) in [5.41, 5.74) is 7.62. The number of carbonyl (C=O) groups excluding carboxylic acids is 1. The van der Waals surface area contributed by atoms with Crippen molar-refractivity contribution in [1.82, 2.24) is 4.98 Å². The van der Waals surface area contributed by atoms with Crippen LogP contribution < -0.4 is 10.6 Å². The van der Waals surface area contributed by atoms with Gasteiger partial charge in [-0.15, -0.1) is 11.3 Å². The lowest BCUT2D eigenvalue weighted by molar-refractivity contribution is -0.117. The largest absolute Gasteiger partial charge is 0.330 e. The topological polar surface area (TPSA) is 59.2 Å². The van der Waals surface area contributed by atoms with E-state index in [2.05, 4.69) is 11.1 Å². The first-order valence-electron chi connectivity index (χ1n) is 6.16. The Morgan fingerprint density at radius 2 is 2.42 bits per heavy atom. The van der Waals surface area contributed by atoms with Crippen molar-refractivity contribution in [2.45, 2.75) is 10.8 Å². The molecule has 0 aliphatic carbocycles. The van der Waals surface area contributed by atoms with Gasteiger partial charge in [-0.2, -0.15) is 0 Å². The number of amides is 1. The standard InChI is InChI=1S/C13H15N3OS2/c1-18-13-15-10-3-2-9(5-11(10)19-13)16-7-8(6-14)4-12(16)17/h2-3,5,8H,4,6-7,14H2,1H3. The highest BCUT2D eigenvalue weighted by atomic mass is 32.2. The van der Waals surface area contributed by atoms with Crippen molar-refractivity contribution in [3.05, 3.63) is 18.2 Å². The number of thiazole rings is 1. The number of carbonyl (C=O) groups is 1. The molecule has 1 aliphatic heterocycles. The maximum atomic E-state index is 12.0. The van der Waals surface area contributed by atoms with Crippen LogP contribution in [0.15, 0.2) is 22.5 Å². The van der Waals surface area contributed by atoms with Gasteiger partial charge < -0.3 is 10.6 Å². The van der Waals surface area contributed by atoms with Crippen molar-refractivity contribution in [3.8, 4) is 0 Å². The molecule has 0 bridgehead atoms. The summed E-state index contributed by atoms with van der Waals surface area (Å²) in [5, 5.41) is 0. The van der Waals surface area contributed by atoms with Gasteiger partial charge in [-0.3, -0.25) is 4.79 Å². The summed E-state index contributed by atoms with van der Waals surface area (Å²) >= 11 is 3.31. The van der Waals surface area contributed by atoms with E-state index in [1.165, 1.54) is 0 Å². The van der Waals surface area contributed by atoms with Crippen LogP contribution in [0.25, 0.3) is 10.2 Å². The van der Waals surface area contributed by atoms with Gasteiger partial charge in [0.15, 0.2) is 4.34 Å². The summed E-state index contributed by atoms with van der Waals surface area (Å²) in [6, 6.07) is 6.02. The number of aromatic nitrogens is 1. The van der Waals surface area contributed by atoms with Gasteiger partial charge in [0, 0.05) is 18.7 Å². The molecule has 0 saturated carbocycles. The molecule has 1 aliphatic rings. The van der Waals surface area contributed by atoms with Crippen LogP contribution in [0.3, 0.4) is 0 Å². The molecule has 6 heteroatoms. The molecule has 2 aromatic rings. The summed E-state index contributed by atoms with van der Waals surface area (Å²) < 4.78 is 2.19. The summed E-state index contributed by atoms with van der Waals surface area (Å²) in [6.07, 6.45) is 2.59. The number of anilines is 1. The minimum absolute atomic E-state index is 0.171. The van der Waals surface area contributed by atoms with E-state index < -0.39 is 0 Å². The minimum Gasteiger partial charge on any atom is -0.330 e. The predicted octanol–water partition coefficient (Wildman–Crippen LogP) is 2.33. The Balaban J connectivity index is 1.94. The first-order valence-corrected chi connectivity index (χ1v) is 8.20. The normalized spacial score (nSPS) is 19.6. The summed E-state index contributed by atoms with van der Waals surface area (Å²) in [7, 11) is 0. The van der Waals surface area contributed by atoms with Gasteiger partial charge in [0.1, 0.15) is 0 Å². The fourth-order valence-electron chi connectivity index (χ4n) is 2.34. The van der Waals surface area contributed by atoms with Crippen LogP contribution in [0.2, 0.25) is 0 Å². The molecule has 1 saturated heterocycles. The molecule has 1 unspecified atom stereocenters. The first kappa shape index (κ1) is 12.9. The Kier molecular flexibility index (Phi) is 3.47. The zero-order valence-electron chi connectivity index (χ0n) is 10.6. The second kappa shape index (κ2) is 5.11. The zero-order valence-corrected chi connectivity index (χ0v) is 12.3. The third-order valence-electron chi connectivity index (χ3n) is 3.38. The lowest BCUT2D eigenvalue weighted by Gasteiger charge is -2.16. The van der Waals surface area contributed by atoms with Crippen LogP contribution in [-0.4, -0.2) is 30.2 Å². The number of nitrogens with zero attached hydrogens (tertiary/aromatic N) is 2. The number of hydrogen-bond acceptors (Lipinski definition) is 5. The SMILES string of the molecule is CSc1nc2ccc(N3CC(CN)CC3=O)cc2s1. The van der Waals surface area contributed by atoms with Crippen molar-refractivity contribution >= 4 is 44.9 Å². The summed E-state index contributed by atoms with van der Waals surface area (Å²) in [6.45, 7) is 1.30. The number of nitrogens with two attached hydrogens (primary N) is 1. The molecule has 100 valence electrons. The van der Waals surface area contributed by atoms with Crippen molar-refractivity contribution in [2.24, 2.45) is 11.7 Å². The zero-order chi connectivity index (χ0) is 13.4. The second-order valence-electron chi connectivity index (χ2n) is 4.65. The fraction of sp³-hybridized carbons (Fsp3) is 0.385. The van der Waals surface area contributed by atoms with E-state index in [-0.39, 0.29) is 11.8 Å². The number of thioether (sulfide) groups is 1. The highest BCUT2D eigenvalue weighted by Crippen LogP contribution is 2.32. The van der Waals surface area contributed by atoms with E-state index in [0.29, 0.717) is 13.0 Å². The minimum atomic E-state index is 0.171. The van der Waals surface area contributed by atoms with Gasteiger partial charge >= 0.3 is 0 Å². The van der Waals surface area contributed by atoms with Crippen molar-refractivity contribution in [2.75, 3.05) is 24.2 Å². The molecular weight excluding hydrogens is 278 g/mol. The van der Waals surface area contributed by atoms with Gasteiger partial charge in [-0.05, 0) is 36.9 Å². The first-order chi connectivity index (χ1) is 9.21. The average Bonchev–Trinajstić information content (AvgIpc) is 3.00. The van der Waals surface area contributed by atoms with Crippen LogP contribution >= 0.6 is 23.1 Å². The van der Waals surface area contributed by atoms with Crippen molar-refractivity contribution < 1.29 is 4.79 Å². The Labute approximate surface area is 120 Å². The lowest BCUT2D eigenvalue weighted by atomic mass is 10.1. The third-order valence-corrected chi connectivity index (χ3v) is 5.38. The van der Waals surface area contributed by atoms with E-state index in [0.717, 1.165) is 26.8 Å². The molecule has 1 amide bonds. The molecule has 2 heterocycles. The quantitative estimate of drug-likeness (QED) is 0.882. The number of fused-ring (bicyclic) bond motifs is 1. The van der Waals surface area contributed by atoms with Crippen LogP contribution in [0.4, 0.5) is 5.69 Å². The maximum absolute atomic E-state index is 12.0. The van der Waals surface area contributed by atoms with Crippen LogP contribution in [0.1, 0.15) is 6.42 Å². The Morgan fingerprint density at radius 3 is 3.11 bits per heavy atom. The molecule has 19 heavy (non-hydrogen) atoms. The number of rotatable bonds is 3. The van der Waals surface area contributed by atoms with E-state index >= 15 is 0 Å². The van der Waals surface area contributed by atoms with Crippen LogP contribution in [0.5, 0.6) is 0 Å². The van der Waals surface area contributed by atoms with Crippen LogP contribution in [-0.2, 0) is 4.79 Å². The smallest absolute Gasteiger partial charge is 0.227 e. The Hall–Kier alpha value is -1.11. The lowest BCUT2D eigenvalue weighted by Crippen LogP contribution is -2.25. The molecule has 1 atom stereocenters. The highest BCUT2D eigenvalue weighted by molar-refractivity contribution is 8.00. The predicted molar refractivity (Wildman–Crippen MR) is 80.9 cm³/mol. The second-order valence-corrected chi connectivity index (χ2v) is 6.73. The summed E-state index contributed by atoms with van der Waals surface area (Å²) in [4.78, 5) is 18.3. The Bertz CT molecular complexity index is 625. The Morgan fingerprint density at radius 1 is 1.58 bits per heavy atom. The molecule has 1 fully saturated rings. The average molecular weight is 293 g/mol. The fourth-order valence-corrected chi connectivity index (χ4v) is 3.86. The van der Waals surface area contributed by atoms with Crippen molar-refractivity contribution in [1.29, 1.82) is 0 Å². The van der Waals surface area contributed by atoms with Gasteiger partial charge in [-0.1, -0.05) is 11.8 Å².